The Morgan fingerprint density at radius 2 is 2.12 bits per heavy atom. The number of nitrogens with zero attached hydrogens (tertiary/aromatic N) is 2. The Bertz CT molecular complexity index is 371. The van der Waals surface area contributed by atoms with E-state index >= 15 is 0 Å². The number of hydrogen-bond acceptors (Lipinski definition) is 2. The normalized spacial score (nSPS) is 13.1. The van der Waals surface area contributed by atoms with Crippen LogP contribution in [-0.2, 0) is 6.54 Å². The fourth-order valence-electron chi connectivity index (χ4n) is 1.51. The number of ketones is 1. The van der Waals surface area contributed by atoms with E-state index in [0.717, 1.165) is 17.4 Å². The zero-order valence-corrected chi connectivity index (χ0v) is 11.9. The molecule has 90 valence electrons. The smallest absolute Gasteiger partial charge is 0.185 e. The van der Waals surface area contributed by atoms with E-state index in [2.05, 4.69) is 41.8 Å². The number of carbonyl (C=O) groups is 1. The summed E-state index contributed by atoms with van der Waals surface area (Å²) in [5.41, 5.74) is 0.711. The van der Waals surface area contributed by atoms with Gasteiger partial charge in [0, 0.05) is 12.5 Å². The van der Waals surface area contributed by atoms with Gasteiger partial charge in [-0.25, -0.2) is 0 Å². The van der Waals surface area contributed by atoms with Gasteiger partial charge in [0.1, 0.15) is 5.69 Å². The van der Waals surface area contributed by atoms with Crippen LogP contribution in [0.5, 0.6) is 0 Å². The molecule has 1 atom stereocenters. The van der Waals surface area contributed by atoms with Crippen molar-refractivity contribution >= 4 is 21.7 Å². The summed E-state index contributed by atoms with van der Waals surface area (Å²) in [5, 5.41) is 4.22. The molecular weight excluding hydrogens is 268 g/mol. The second kappa shape index (κ2) is 5.62. The third-order valence-corrected chi connectivity index (χ3v) is 3.46. The Morgan fingerprint density at radius 3 is 2.62 bits per heavy atom. The molecule has 0 amide bonds. The summed E-state index contributed by atoms with van der Waals surface area (Å²) in [5.74, 6) is 0.556. The molecule has 1 aromatic rings. The third-order valence-electron chi connectivity index (χ3n) is 2.88. The SMILES string of the molecule is CCCn1ncc(Br)c1C(=O)C(C)C(C)C. The van der Waals surface area contributed by atoms with Crippen molar-refractivity contribution in [3.63, 3.8) is 0 Å². The van der Waals surface area contributed by atoms with E-state index in [-0.39, 0.29) is 11.7 Å². The average Bonchev–Trinajstić information content (AvgIpc) is 2.58. The summed E-state index contributed by atoms with van der Waals surface area (Å²) in [6.45, 7) is 8.98. The summed E-state index contributed by atoms with van der Waals surface area (Å²) in [4.78, 5) is 12.3. The third kappa shape index (κ3) is 2.73. The van der Waals surface area contributed by atoms with Crippen molar-refractivity contribution in [1.29, 1.82) is 0 Å². The monoisotopic (exact) mass is 286 g/mol. The van der Waals surface area contributed by atoms with Gasteiger partial charge >= 0.3 is 0 Å². The second-order valence-electron chi connectivity index (χ2n) is 4.46. The maximum Gasteiger partial charge on any atom is 0.185 e. The van der Waals surface area contributed by atoms with E-state index in [9.17, 15) is 4.79 Å². The van der Waals surface area contributed by atoms with E-state index in [1.54, 1.807) is 10.9 Å². The van der Waals surface area contributed by atoms with Crippen molar-refractivity contribution in [2.75, 3.05) is 0 Å². The molecule has 0 saturated carbocycles. The lowest BCUT2D eigenvalue weighted by atomic mass is 9.92. The minimum Gasteiger partial charge on any atom is -0.292 e. The van der Waals surface area contributed by atoms with Crippen LogP contribution in [0, 0.1) is 11.8 Å². The Labute approximate surface area is 105 Å². The minimum absolute atomic E-state index is 0.0311. The molecule has 1 rings (SSSR count). The summed E-state index contributed by atoms with van der Waals surface area (Å²) in [6.07, 6.45) is 2.68. The molecule has 0 N–H and O–H groups in total. The molecule has 0 aliphatic rings. The van der Waals surface area contributed by atoms with Crippen LogP contribution in [0.15, 0.2) is 10.7 Å². The lowest BCUT2D eigenvalue weighted by Gasteiger charge is -2.15. The lowest BCUT2D eigenvalue weighted by molar-refractivity contribution is 0.0887. The molecular formula is C12H19BrN2O. The van der Waals surface area contributed by atoms with Crippen LogP contribution in [0.1, 0.15) is 44.6 Å². The molecule has 1 heterocycles. The summed E-state index contributed by atoms with van der Waals surface area (Å²) in [6, 6.07) is 0. The molecule has 0 aliphatic carbocycles. The van der Waals surface area contributed by atoms with Crippen molar-refractivity contribution in [3.05, 3.63) is 16.4 Å². The minimum atomic E-state index is 0.0311. The first-order valence-electron chi connectivity index (χ1n) is 5.74. The molecule has 0 spiro atoms. The number of carbonyl (C=O) groups excluding carboxylic acids is 1. The average molecular weight is 287 g/mol. The van der Waals surface area contributed by atoms with Crippen LogP contribution in [0.3, 0.4) is 0 Å². The van der Waals surface area contributed by atoms with E-state index in [1.165, 1.54) is 0 Å². The van der Waals surface area contributed by atoms with Crippen molar-refractivity contribution in [2.24, 2.45) is 11.8 Å². The van der Waals surface area contributed by atoms with E-state index < -0.39 is 0 Å². The lowest BCUT2D eigenvalue weighted by Crippen LogP contribution is -2.21. The van der Waals surface area contributed by atoms with Crippen molar-refractivity contribution < 1.29 is 4.79 Å². The van der Waals surface area contributed by atoms with Gasteiger partial charge in [-0.3, -0.25) is 9.48 Å². The number of aromatic nitrogens is 2. The van der Waals surface area contributed by atoms with E-state index in [4.69, 9.17) is 0 Å². The number of halogens is 1. The number of aryl methyl sites for hydroxylation is 1. The molecule has 3 nitrogen and oxygen atoms in total. The predicted molar refractivity (Wildman–Crippen MR) is 68.6 cm³/mol. The highest BCUT2D eigenvalue weighted by atomic mass is 79.9. The highest BCUT2D eigenvalue weighted by molar-refractivity contribution is 9.10. The Kier molecular flexibility index (Phi) is 4.71. The zero-order valence-electron chi connectivity index (χ0n) is 10.3. The fraction of sp³-hybridized carbons (Fsp3) is 0.667. The van der Waals surface area contributed by atoms with Crippen LogP contribution in [0.25, 0.3) is 0 Å². The Hall–Kier alpha value is -0.640. The van der Waals surface area contributed by atoms with Gasteiger partial charge in [0.2, 0.25) is 0 Å². The molecule has 0 aliphatic heterocycles. The maximum absolute atomic E-state index is 12.3. The molecule has 0 radical (unpaired) electrons. The van der Waals surface area contributed by atoms with Gasteiger partial charge in [-0.1, -0.05) is 27.7 Å². The number of Topliss-reactive ketones (excluding diaryl/α,β-unsaturated/α-hetero) is 1. The second-order valence-corrected chi connectivity index (χ2v) is 5.32. The van der Waals surface area contributed by atoms with Crippen molar-refractivity contribution in [1.82, 2.24) is 9.78 Å². The van der Waals surface area contributed by atoms with Gasteiger partial charge in [-0.2, -0.15) is 5.10 Å². The fourth-order valence-corrected chi connectivity index (χ4v) is 2.00. The predicted octanol–water partition coefficient (Wildman–Crippen LogP) is 3.53. The Morgan fingerprint density at radius 1 is 1.50 bits per heavy atom. The molecule has 0 bridgehead atoms. The number of hydrogen-bond donors (Lipinski definition) is 0. The van der Waals surface area contributed by atoms with Gasteiger partial charge in [-0.15, -0.1) is 0 Å². The molecule has 0 fully saturated rings. The summed E-state index contributed by atoms with van der Waals surface area (Å²) >= 11 is 3.40. The first-order chi connectivity index (χ1) is 7.49. The van der Waals surface area contributed by atoms with Gasteiger partial charge in [-0.05, 0) is 28.3 Å². The van der Waals surface area contributed by atoms with Crippen LogP contribution in [0.4, 0.5) is 0 Å². The van der Waals surface area contributed by atoms with Crippen LogP contribution >= 0.6 is 15.9 Å². The zero-order chi connectivity index (χ0) is 12.3. The largest absolute Gasteiger partial charge is 0.292 e. The van der Waals surface area contributed by atoms with Crippen LogP contribution in [-0.4, -0.2) is 15.6 Å². The highest BCUT2D eigenvalue weighted by Crippen LogP contribution is 2.23. The van der Waals surface area contributed by atoms with Crippen molar-refractivity contribution in [3.8, 4) is 0 Å². The topological polar surface area (TPSA) is 34.9 Å². The molecule has 0 aromatic carbocycles. The quantitative estimate of drug-likeness (QED) is 0.776. The molecule has 1 unspecified atom stereocenters. The first kappa shape index (κ1) is 13.4. The first-order valence-corrected chi connectivity index (χ1v) is 6.53. The van der Waals surface area contributed by atoms with E-state index in [1.807, 2.05) is 6.92 Å². The summed E-state index contributed by atoms with van der Waals surface area (Å²) in [7, 11) is 0. The molecule has 4 heteroatoms. The summed E-state index contributed by atoms with van der Waals surface area (Å²) < 4.78 is 2.60. The standard InChI is InChI=1S/C12H19BrN2O/c1-5-6-15-11(10(13)7-14-15)12(16)9(4)8(2)3/h7-9H,5-6H2,1-4H3. The van der Waals surface area contributed by atoms with Gasteiger partial charge < -0.3 is 0 Å². The van der Waals surface area contributed by atoms with Gasteiger partial charge in [0.25, 0.3) is 0 Å². The Balaban J connectivity index is 3.02. The maximum atomic E-state index is 12.3. The van der Waals surface area contributed by atoms with Gasteiger partial charge in [0.05, 0.1) is 10.7 Å². The molecule has 1 aromatic heterocycles. The van der Waals surface area contributed by atoms with Crippen LogP contribution < -0.4 is 0 Å². The molecule has 16 heavy (non-hydrogen) atoms. The van der Waals surface area contributed by atoms with Crippen LogP contribution in [0.2, 0.25) is 0 Å². The van der Waals surface area contributed by atoms with Crippen molar-refractivity contribution in [2.45, 2.75) is 40.7 Å². The van der Waals surface area contributed by atoms with E-state index in [0.29, 0.717) is 11.6 Å². The van der Waals surface area contributed by atoms with Gasteiger partial charge in [0.15, 0.2) is 5.78 Å². The highest BCUT2D eigenvalue weighted by Gasteiger charge is 2.24. The number of rotatable bonds is 5. The molecule has 0 saturated heterocycles.